The molecule has 2 rings (SSSR count). The Morgan fingerprint density at radius 2 is 2.11 bits per heavy atom. The van der Waals surface area contributed by atoms with Crippen LogP contribution in [0.3, 0.4) is 0 Å². The van der Waals surface area contributed by atoms with Gasteiger partial charge < -0.3 is 20.5 Å². The number of ether oxygens (including phenoxy) is 2. The van der Waals surface area contributed by atoms with E-state index >= 15 is 0 Å². The summed E-state index contributed by atoms with van der Waals surface area (Å²) in [5, 5.41) is 2.85. The van der Waals surface area contributed by atoms with E-state index in [0.29, 0.717) is 30.2 Å². The number of nitrogens with zero attached hydrogens (tertiary/aromatic N) is 1. The standard InChI is InChI=1S/C22H29N3O3/c1-4-5-6-7-8-12-28-18-11-9-10-17(14-18)24-22(26)19-13-16(2)20(15-27-3)25-21(19)23/h7-11,13-14H,4-6,12,15H2,1-3H3,(H2,23,25)(H,24,26). The van der Waals surface area contributed by atoms with E-state index in [9.17, 15) is 4.79 Å². The number of nitrogens with one attached hydrogen (secondary N) is 1. The summed E-state index contributed by atoms with van der Waals surface area (Å²) in [6, 6.07) is 9.01. The zero-order valence-corrected chi connectivity index (χ0v) is 16.8. The predicted octanol–water partition coefficient (Wildman–Crippen LogP) is 4.50. The second-order valence-corrected chi connectivity index (χ2v) is 6.52. The minimum atomic E-state index is -0.311. The summed E-state index contributed by atoms with van der Waals surface area (Å²) in [4.78, 5) is 16.9. The van der Waals surface area contributed by atoms with E-state index in [1.54, 1.807) is 25.3 Å². The molecule has 0 bridgehead atoms. The molecule has 0 fully saturated rings. The molecule has 0 radical (unpaired) electrons. The molecule has 1 amide bonds. The molecule has 0 aliphatic carbocycles. The Kier molecular flexibility index (Phi) is 8.49. The van der Waals surface area contributed by atoms with E-state index in [0.717, 1.165) is 17.7 Å². The average Bonchev–Trinajstić information content (AvgIpc) is 2.67. The Hall–Kier alpha value is -2.86. The molecular formula is C22H29N3O3. The summed E-state index contributed by atoms with van der Waals surface area (Å²) >= 11 is 0. The molecular weight excluding hydrogens is 354 g/mol. The van der Waals surface area contributed by atoms with Crippen molar-refractivity contribution in [1.82, 2.24) is 4.98 Å². The van der Waals surface area contributed by atoms with Gasteiger partial charge in [0, 0.05) is 18.9 Å². The van der Waals surface area contributed by atoms with Crippen molar-refractivity contribution in [3.05, 3.63) is 59.3 Å². The van der Waals surface area contributed by atoms with Crippen LogP contribution in [0.4, 0.5) is 11.5 Å². The number of carbonyl (C=O) groups is 1. The van der Waals surface area contributed by atoms with Crippen LogP contribution >= 0.6 is 0 Å². The van der Waals surface area contributed by atoms with Crippen molar-refractivity contribution in [2.24, 2.45) is 0 Å². The topological polar surface area (TPSA) is 86.5 Å². The van der Waals surface area contributed by atoms with Crippen LogP contribution in [0, 0.1) is 6.92 Å². The largest absolute Gasteiger partial charge is 0.489 e. The second kappa shape index (κ2) is 11.1. The van der Waals surface area contributed by atoms with Crippen molar-refractivity contribution in [3.63, 3.8) is 0 Å². The van der Waals surface area contributed by atoms with Crippen LogP contribution in [0.1, 0.15) is 47.8 Å². The average molecular weight is 383 g/mol. The van der Waals surface area contributed by atoms with Crippen molar-refractivity contribution in [1.29, 1.82) is 0 Å². The first-order valence-electron chi connectivity index (χ1n) is 9.49. The maximum Gasteiger partial charge on any atom is 0.259 e. The molecule has 2 aromatic rings. The summed E-state index contributed by atoms with van der Waals surface area (Å²) in [7, 11) is 1.59. The number of amides is 1. The van der Waals surface area contributed by atoms with Gasteiger partial charge in [-0.15, -0.1) is 0 Å². The molecule has 0 unspecified atom stereocenters. The molecule has 0 saturated heterocycles. The summed E-state index contributed by atoms with van der Waals surface area (Å²) in [5.74, 6) is 0.559. The summed E-state index contributed by atoms with van der Waals surface area (Å²) < 4.78 is 10.8. The second-order valence-electron chi connectivity index (χ2n) is 6.52. The predicted molar refractivity (Wildman–Crippen MR) is 113 cm³/mol. The van der Waals surface area contributed by atoms with Crippen molar-refractivity contribution in [2.75, 3.05) is 24.8 Å². The number of anilines is 2. The fraction of sp³-hybridized carbons (Fsp3) is 0.364. The van der Waals surface area contributed by atoms with Crippen molar-refractivity contribution >= 4 is 17.4 Å². The molecule has 3 N–H and O–H groups in total. The third-order valence-electron chi connectivity index (χ3n) is 4.20. The van der Waals surface area contributed by atoms with Crippen LogP contribution in [0.2, 0.25) is 0 Å². The number of aromatic nitrogens is 1. The number of carbonyl (C=O) groups excluding carboxylic acids is 1. The summed E-state index contributed by atoms with van der Waals surface area (Å²) in [5.41, 5.74) is 8.51. The van der Waals surface area contributed by atoms with E-state index in [4.69, 9.17) is 15.2 Å². The highest BCUT2D eigenvalue weighted by Crippen LogP contribution is 2.21. The molecule has 1 heterocycles. The number of benzene rings is 1. The highest BCUT2D eigenvalue weighted by Gasteiger charge is 2.14. The molecule has 6 heteroatoms. The first-order chi connectivity index (χ1) is 13.5. The minimum Gasteiger partial charge on any atom is -0.489 e. The van der Waals surface area contributed by atoms with Crippen molar-refractivity contribution in [2.45, 2.75) is 39.7 Å². The van der Waals surface area contributed by atoms with E-state index in [1.165, 1.54) is 12.8 Å². The number of rotatable bonds is 10. The number of methoxy groups -OCH3 is 1. The lowest BCUT2D eigenvalue weighted by atomic mass is 10.1. The lowest BCUT2D eigenvalue weighted by Crippen LogP contribution is -2.16. The van der Waals surface area contributed by atoms with E-state index in [2.05, 4.69) is 23.3 Å². The third kappa shape index (κ3) is 6.39. The quantitative estimate of drug-likeness (QED) is 0.466. The van der Waals surface area contributed by atoms with E-state index in [-0.39, 0.29) is 11.7 Å². The van der Waals surface area contributed by atoms with Crippen molar-refractivity contribution < 1.29 is 14.3 Å². The summed E-state index contributed by atoms with van der Waals surface area (Å²) in [6.07, 6.45) is 7.57. The van der Waals surface area contributed by atoms with Gasteiger partial charge in [-0.3, -0.25) is 4.79 Å². The number of aryl methyl sites for hydroxylation is 1. The van der Waals surface area contributed by atoms with Gasteiger partial charge in [0.2, 0.25) is 0 Å². The Labute approximate surface area is 166 Å². The first-order valence-corrected chi connectivity index (χ1v) is 9.49. The lowest BCUT2D eigenvalue weighted by molar-refractivity contribution is 0.102. The zero-order chi connectivity index (χ0) is 20.4. The van der Waals surface area contributed by atoms with Gasteiger partial charge in [-0.05, 0) is 37.1 Å². The monoisotopic (exact) mass is 383 g/mol. The van der Waals surface area contributed by atoms with E-state index < -0.39 is 0 Å². The van der Waals surface area contributed by atoms with Gasteiger partial charge in [-0.25, -0.2) is 4.98 Å². The highest BCUT2D eigenvalue weighted by molar-refractivity contribution is 6.07. The zero-order valence-electron chi connectivity index (χ0n) is 16.8. The minimum absolute atomic E-state index is 0.180. The Balaban J connectivity index is 2.00. The van der Waals surface area contributed by atoms with Crippen LogP contribution in [-0.4, -0.2) is 24.6 Å². The number of unbranched alkanes of at least 4 members (excludes halogenated alkanes) is 2. The number of hydrogen-bond acceptors (Lipinski definition) is 5. The normalized spacial score (nSPS) is 11.0. The molecule has 0 atom stereocenters. The number of pyridine rings is 1. The molecule has 28 heavy (non-hydrogen) atoms. The van der Waals surface area contributed by atoms with Crippen LogP contribution in [0.25, 0.3) is 0 Å². The summed E-state index contributed by atoms with van der Waals surface area (Å²) in [6.45, 7) is 4.89. The molecule has 0 aliphatic heterocycles. The Bertz CT molecular complexity index is 819. The van der Waals surface area contributed by atoms with Crippen LogP contribution in [-0.2, 0) is 11.3 Å². The van der Waals surface area contributed by atoms with Crippen molar-refractivity contribution in [3.8, 4) is 5.75 Å². The Morgan fingerprint density at radius 3 is 2.86 bits per heavy atom. The Morgan fingerprint density at radius 1 is 1.29 bits per heavy atom. The van der Waals surface area contributed by atoms with Crippen LogP contribution in [0.5, 0.6) is 5.75 Å². The van der Waals surface area contributed by atoms with Gasteiger partial charge in [0.1, 0.15) is 18.2 Å². The van der Waals surface area contributed by atoms with E-state index in [1.807, 2.05) is 25.1 Å². The smallest absolute Gasteiger partial charge is 0.259 e. The number of nitrogen functional groups attached to an aromatic ring is 1. The first kappa shape index (κ1) is 21.4. The van der Waals surface area contributed by atoms with Gasteiger partial charge in [0.05, 0.1) is 17.9 Å². The van der Waals surface area contributed by atoms with Gasteiger partial charge >= 0.3 is 0 Å². The maximum absolute atomic E-state index is 12.6. The fourth-order valence-corrected chi connectivity index (χ4v) is 2.65. The third-order valence-corrected chi connectivity index (χ3v) is 4.20. The fourth-order valence-electron chi connectivity index (χ4n) is 2.65. The van der Waals surface area contributed by atoms with Crippen LogP contribution < -0.4 is 15.8 Å². The number of allylic oxidation sites excluding steroid dienone is 1. The molecule has 0 spiro atoms. The highest BCUT2D eigenvalue weighted by atomic mass is 16.5. The van der Waals surface area contributed by atoms with Gasteiger partial charge in [-0.1, -0.05) is 38.0 Å². The molecule has 1 aromatic carbocycles. The van der Waals surface area contributed by atoms with Gasteiger partial charge in [0.15, 0.2) is 0 Å². The lowest BCUT2D eigenvalue weighted by Gasteiger charge is -2.12. The molecule has 150 valence electrons. The van der Waals surface area contributed by atoms with Gasteiger partial charge in [-0.2, -0.15) is 0 Å². The van der Waals surface area contributed by atoms with Gasteiger partial charge in [0.25, 0.3) is 5.91 Å². The maximum atomic E-state index is 12.6. The van der Waals surface area contributed by atoms with Crippen LogP contribution in [0.15, 0.2) is 42.5 Å². The molecule has 1 aromatic heterocycles. The number of hydrogen-bond donors (Lipinski definition) is 2. The molecule has 0 saturated carbocycles. The molecule has 6 nitrogen and oxygen atoms in total. The molecule has 0 aliphatic rings. The number of nitrogens with two attached hydrogens (primary N) is 1. The SMILES string of the molecule is CCCCC=CCOc1cccc(NC(=O)c2cc(C)c(COC)nc2N)c1.